The molecule has 3 aromatic rings. The van der Waals surface area contributed by atoms with Crippen LogP contribution in [0.1, 0.15) is 32.0 Å². The molecule has 138 valence electrons. The fourth-order valence-electron chi connectivity index (χ4n) is 2.75. The highest BCUT2D eigenvalue weighted by Gasteiger charge is 2.12. The Kier molecular flexibility index (Phi) is 5.72. The quantitative estimate of drug-likeness (QED) is 0.662. The van der Waals surface area contributed by atoms with E-state index in [9.17, 15) is 9.59 Å². The van der Waals surface area contributed by atoms with Gasteiger partial charge in [0.05, 0.1) is 16.8 Å². The Morgan fingerprint density at radius 2 is 1.59 bits per heavy atom. The summed E-state index contributed by atoms with van der Waals surface area (Å²) in [7, 11) is 0. The third kappa shape index (κ3) is 4.63. The number of carbonyl (C=O) groups excluding carboxylic acids is 2. The van der Waals surface area contributed by atoms with Crippen molar-refractivity contribution in [2.45, 2.75) is 13.8 Å². The Bertz CT molecular complexity index is 1000. The SMILES string of the molecule is Cc1ccc2cc(C(=O)NCCNC(=O)c3ccc(Cl)cc3)c(C)nc2c1. The number of aromatic nitrogens is 1. The summed E-state index contributed by atoms with van der Waals surface area (Å²) in [6, 6.07) is 14.4. The Balaban J connectivity index is 1.57. The van der Waals surface area contributed by atoms with E-state index in [1.54, 1.807) is 24.3 Å². The van der Waals surface area contributed by atoms with Crippen molar-refractivity contribution in [3.05, 3.63) is 75.9 Å². The van der Waals surface area contributed by atoms with Crippen molar-refractivity contribution >= 4 is 34.3 Å². The van der Waals surface area contributed by atoms with Crippen LogP contribution in [0.15, 0.2) is 48.5 Å². The van der Waals surface area contributed by atoms with Crippen molar-refractivity contribution < 1.29 is 9.59 Å². The molecule has 0 radical (unpaired) electrons. The van der Waals surface area contributed by atoms with Crippen LogP contribution in [0.2, 0.25) is 5.02 Å². The maximum absolute atomic E-state index is 12.4. The summed E-state index contributed by atoms with van der Waals surface area (Å²) in [6.07, 6.45) is 0. The van der Waals surface area contributed by atoms with Crippen molar-refractivity contribution in [3.63, 3.8) is 0 Å². The topological polar surface area (TPSA) is 71.1 Å². The molecule has 0 fully saturated rings. The number of carbonyl (C=O) groups is 2. The molecule has 5 nitrogen and oxygen atoms in total. The van der Waals surface area contributed by atoms with Gasteiger partial charge in [0, 0.05) is 29.1 Å². The lowest BCUT2D eigenvalue weighted by Gasteiger charge is -2.10. The molecule has 2 amide bonds. The highest BCUT2D eigenvalue weighted by atomic mass is 35.5. The van der Waals surface area contributed by atoms with Crippen LogP contribution < -0.4 is 10.6 Å². The monoisotopic (exact) mass is 381 g/mol. The molecule has 0 unspecified atom stereocenters. The molecule has 2 N–H and O–H groups in total. The summed E-state index contributed by atoms with van der Waals surface area (Å²) >= 11 is 5.81. The molecule has 0 aliphatic carbocycles. The van der Waals surface area contributed by atoms with Gasteiger partial charge in [0.2, 0.25) is 0 Å². The van der Waals surface area contributed by atoms with Crippen molar-refractivity contribution in [2.24, 2.45) is 0 Å². The van der Waals surface area contributed by atoms with Crippen molar-refractivity contribution in [1.82, 2.24) is 15.6 Å². The predicted molar refractivity (Wildman–Crippen MR) is 107 cm³/mol. The van der Waals surface area contributed by atoms with Crippen LogP contribution in [-0.2, 0) is 0 Å². The minimum Gasteiger partial charge on any atom is -0.350 e. The summed E-state index contributed by atoms with van der Waals surface area (Å²) in [4.78, 5) is 29.0. The van der Waals surface area contributed by atoms with Crippen LogP contribution in [0.5, 0.6) is 0 Å². The first-order valence-corrected chi connectivity index (χ1v) is 9.02. The zero-order chi connectivity index (χ0) is 19.4. The van der Waals surface area contributed by atoms with E-state index in [0.29, 0.717) is 34.9 Å². The Morgan fingerprint density at radius 1 is 0.926 bits per heavy atom. The summed E-state index contributed by atoms with van der Waals surface area (Å²) in [5, 5.41) is 7.08. The van der Waals surface area contributed by atoms with Crippen LogP contribution >= 0.6 is 11.6 Å². The molecule has 0 aliphatic rings. The minimum absolute atomic E-state index is 0.205. The minimum atomic E-state index is -0.208. The fourth-order valence-corrected chi connectivity index (χ4v) is 2.88. The fraction of sp³-hybridized carbons (Fsp3) is 0.190. The molecule has 3 rings (SSSR count). The van der Waals surface area contributed by atoms with Gasteiger partial charge < -0.3 is 10.6 Å². The Morgan fingerprint density at radius 3 is 2.30 bits per heavy atom. The molecule has 0 saturated carbocycles. The molecular formula is C21H20ClN3O2. The van der Waals surface area contributed by atoms with E-state index in [1.807, 2.05) is 38.1 Å². The molecule has 0 bridgehead atoms. The van der Waals surface area contributed by atoms with E-state index < -0.39 is 0 Å². The molecule has 1 aromatic heterocycles. The molecule has 6 heteroatoms. The van der Waals surface area contributed by atoms with E-state index in [2.05, 4.69) is 15.6 Å². The normalized spacial score (nSPS) is 10.6. The Labute approximate surface area is 162 Å². The summed E-state index contributed by atoms with van der Waals surface area (Å²) in [6.45, 7) is 4.48. The highest BCUT2D eigenvalue weighted by molar-refractivity contribution is 6.30. The van der Waals surface area contributed by atoms with E-state index >= 15 is 0 Å². The largest absolute Gasteiger partial charge is 0.350 e. The summed E-state index contributed by atoms with van der Waals surface area (Å²) < 4.78 is 0. The Hall–Kier alpha value is -2.92. The van der Waals surface area contributed by atoms with Gasteiger partial charge in [0.25, 0.3) is 11.8 Å². The average molecular weight is 382 g/mol. The third-order valence-corrected chi connectivity index (χ3v) is 4.46. The van der Waals surface area contributed by atoms with Gasteiger partial charge in [-0.3, -0.25) is 14.6 Å². The number of pyridine rings is 1. The van der Waals surface area contributed by atoms with Crippen molar-refractivity contribution in [3.8, 4) is 0 Å². The summed E-state index contributed by atoms with van der Waals surface area (Å²) in [5.41, 5.74) is 3.74. The molecule has 2 aromatic carbocycles. The average Bonchev–Trinajstić information content (AvgIpc) is 2.64. The first-order valence-electron chi connectivity index (χ1n) is 8.64. The van der Waals surface area contributed by atoms with E-state index in [1.165, 1.54) is 0 Å². The lowest BCUT2D eigenvalue weighted by molar-refractivity contribution is 0.0927. The maximum Gasteiger partial charge on any atom is 0.253 e. The number of halogens is 1. The number of amides is 2. The van der Waals surface area contributed by atoms with Crippen molar-refractivity contribution in [1.29, 1.82) is 0 Å². The maximum atomic E-state index is 12.4. The van der Waals surface area contributed by atoms with Crippen LogP contribution in [0.4, 0.5) is 0 Å². The second-order valence-corrected chi connectivity index (χ2v) is 6.77. The van der Waals surface area contributed by atoms with Crippen LogP contribution in [0.3, 0.4) is 0 Å². The molecule has 27 heavy (non-hydrogen) atoms. The number of fused-ring (bicyclic) bond motifs is 1. The number of rotatable bonds is 5. The van der Waals surface area contributed by atoms with Crippen LogP contribution in [0, 0.1) is 13.8 Å². The zero-order valence-electron chi connectivity index (χ0n) is 15.2. The third-order valence-electron chi connectivity index (χ3n) is 4.21. The highest BCUT2D eigenvalue weighted by Crippen LogP contribution is 2.18. The molecule has 0 spiro atoms. The number of hydrogen-bond acceptors (Lipinski definition) is 3. The van der Waals surface area contributed by atoms with E-state index in [-0.39, 0.29) is 11.8 Å². The zero-order valence-corrected chi connectivity index (χ0v) is 15.9. The lowest BCUT2D eigenvalue weighted by atomic mass is 10.1. The van der Waals surface area contributed by atoms with Gasteiger partial charge in [-0.15, -0.1) is 0 Å². The summed E-state index contributed by atoms with van der Waals surface area (Å²) in [5.74, 6) is -0.414. The predicted octanol–water partition coefficient (Wildman–Crippen LogP) is 3.66. The lowest BCUT2D eigenvalue weighted by Crippen LogP contribution is -2.35. The number of nitrogens with zero attached hydrogens (tertiary/aromatic N) is 1. The van der Waals surface area contributed by atoms with Gasteiger partial charge >= 0.3 is 0 Å². The van der Waals surface area contributed by atoms with Gasteiger partial charge in [-0.1, -0.05) is 23.7 Å². The first-order chi connectivity index (χ1) is 12.9. The van der Waals surface area contributed by atoms with Crippen LogP contribution in [0.25, 0.3) is 10.9 Å². The number of nitrogens with one attached hydrogen (secondary N) is 2. The van der Waals surface area contributed by atoms with Gasteiger partial charge in [-0.2, -0.15) is 0 Å². The van der Waals surface area contributed by atoms with Crippen molar-refractivity contribution in [2.75, 3.05) is 13.1 Å². The second-order valence-electron chi connectivity index (χ2n) is 6.34. The second kappa shape index (κ2) is 8.18. The standard InChI is InChI=1S/C21H20ClN3O2/c1-13-3-4-16-12-18(14(2)25-19(16)11-13)21(27)24-10-9-23-20(26)15-5-7-17(22)8-6-15/h3-8,11-12H,9-10H2,1-2H3,(H,23,26)(H,24,27). The molecule has 1 heterocycles. The van der Waals surface area contributed by atoms with Crippen LogP contribution in [-0.4, -0.2) is 29.9 Å². The number of benzene rings is 2. The smallest absolute Gasteiger partial charge is 0.253 e. The van der Waals surface area contributed by atoms with Gasteiger partial charge in [0.15, 0.2) is 0 Å². The number of aryl methyl sites for hydroxylation is 2. The van der Waals surface area contributed by atoms with Gasteiger partial charge in [0.1, 0.15) is 0 Å². The number of hydrogen-bond donors (Lipinski definition) is 2. The molecule has 0 atom stereocenters. The molecule has 0 saturated heterocycles. The molecular weight excluding hydrogens is 362 g/mol. The molecule has 0 aliphatic heterocycles. The first kappa shape index (κ1) is 18.9. The van der Waals surface area contributed by atoms with E-state index in [4.69, 9.17) is 11.6 Å². The van der Waals surface area contributed by atoms with Gasteiger partial charge in [-0.25, -0.2) is 0 Å². The van der Waals surface area contributed by atoms with Gasteiger partial charge in [-0.05, 0) is 55.8 Å². The van der Waals surface area contributed by atoms with E-state index in [0.717, 1.165) is 16.5 Å².